The Morgan fingerprint density at radius 3 is 2.88 bits per heavy atom. The van der Waals surface area contributed by atoms with Crippen LogP contribution in [0.5, 0.6) is 0 Å². The van der Waals surface area contributed by atoms with Crippen molar-refractivity contribution in [1.29, 1.82) is 0 Å². The van der Waals surface area contributed by atoms with Gasteiger partial charge >= 0.3 is 7.41 Å². The first kappa shape index (κ1) is 11.8. The fourth-order valence-corrected chi connectivity index (χ4v) is 1.67. The van der Waals surface area contributed by atoms with Crippen LogP contribution in [0.25, 0.3) is 17.0 Å². The molecule has 0 saturated heterocycles. The Bertz CT molecular complexity index is 547. The molecule has 2 nitrogen and oxygen atoms in total. The summed E-state index contributed by atoms with van der Waals surface area (Å²) in [6.45, 7) is 6.36. The number of allylic oxidation sites excluding steroid dienone is 1. The van der Waals surface area contributed by atoms with Crippen LogP contribution in [0.15, 0.2) is 36.8 Å². The van der Waals surface area contributed by atoms with Gasteiger partial charge in [0.1, 0.15) is 0 Å². The van der Waals surface area contributed by atoms with Crippen molar-refractivity contribution in [3.05, 3.63) is 42.4 Å². The second-order valence-corrected chi connectivity index (χ2v) is 4.50. The summed E-state index contributed by atoms with van der Waals surface area (Å²) in [5.41, 5.74) is 2.26. The normalized spacial score (nSPS) is 11.5. The molecule has 1 aromatic heterocycles. The standard InChI is InChI=1S/C14H17BN2/c1-11(2)4-5-12-6-7-14-13(8-12)9-17(15-3)10-16-14/h4-11H,1-3H3/q+1/b5-4+. The molecule has 0 saturated carbocycles. The van der Waals surface area contributed by atoms with Crippen molar-refractivity contribution in [3.63, 3.8) is 0 Å². The molecule has 85 valence electrons. The minimum atomic E-state index is 0.577. The molecule has 0 aliphatic carbocycles. The summed E-state index contributed by atoms with van der Waals surface area (Å²) < 4.78 is 1.97. The number of hydrogen-bond donors (Lipinski definition) is 0. The van der Waals surface area contributed by atoms with Gasteiger partial charge in [-0.15, -0.1) is 0 Å². The van der Waals surface area contributed by atoms with Crippen LogP contribution >= 0.6 is 0 Å². The molecule has 3 heteroatoms. The number of benzene rings is 1. The Morgan fingerprint density at radius 1 is 1.35 bits per heavy atom. The number of fused-ring (bicyclic) bond motifs is 1. The lowest BCUT2D eigenvalue weighted by molar-refractivity contribution is -0.530. The molecule has 0 amide bonds. The van der Waals surface area contributed by atoms with Crippen LogP contribution in [-0.4, -0.2) is 12.4 Å². The van der Waals surface area contributed by atoms with Gasteiger partial charge in [0.25, 0.3) is 6.33 Å². The molecule has 0 unspecified atom stereocenters. The van der Waals surface area contributed by atoms with E-state index in [2.05, 4.69) is 55.4 Å². The van der Waals surface area contributed by atoms with E-state index in [1.54, 1.807) is 0 Å². The Labute approximate surface area is 103 Å². The van der Waals surface area contributed by atoms with Gasteiger partial charge in [0, 0.05) is 0 Å². The van der Waals surface area contributed by atoms with Gasteiger partial charge in [-0.05, 0) is 30.4 Å². The maximum absolute atomic E-state index is 4.40. The topological polar surface area (TPSA) is 16.8 Å². The molecule has 0 atom stereocenters. The monoisotopic (exact) mass is 224 g/mol. The summed E-state index contributed by atoms with van der Waals surface area (Å²) in [6, 6.07) is 6.34. The van der Waals surface area contributed by atoms with E-state index in [0.717, 1.165) is 10.9 Å². The van der Waals surface area contributed by atoms with Crippen LogP contribution in [0.1, 0.15) is 19.4 Å². The van der Waals surface area contributed by atoms with E-state index in [-0.39, 0.29) is 0 Å². The van der Waals surface area contributed by atoms with Gasteiger partial charge < -0.3 is 4.48 Å². The summed E-state index contributed by atoms with van der Waals surface area (Å²) in [5.74, 6) is 0.577. The van der Waals surface area contributed by atoms with E-state index in [1.807, 2.05) is 25.0 Å². The molecule has 17 heavy (non-hydrogen) atoms. The van der Waals surface area contributed by atoms with E-state index < -0.39 is 0 Å². The first-order chi connectivity index (χ1) is 8.19. The summed E-state index contributed by atoms with van der Waals surface area (Å²) >= 11 is 0. The second-order valence-electron chi connectivity index (χ2n) is 4.50. The summed E-state index contributed by atoms with van der Waals surface area (Å²) in [7, 11) is 1.99. The molecule has 0 spiro atoms. The van der Waals surface area contributed by atoms with E-state index in [0.29, 0.717) is 5.92 Å². The van der Waals surface area contributed by atoms with Gasteiger partial charge in [-0.3, -0.25) is 0 Å². The highest BCUT2D eigenvalue weighted by atomic mass is 14.9. The van der Waals surface area contributed by atoms with Gasteiger partial charge in [0.2, 0.25) is 0 Å². The van der Waals surface area contributed by atoms with Gasteiger partial charge in [-0.2, -0.15) is 0 Å². The fraction of sp³-hybridized carbons (Fsp3) is 0.286. The smallest absolute Gasteiger partial charge is 0.302 e. The van der Waals surface area contributed by atoms with Crippen molar-refractivity contribution in [1.82, 2.24) is 4.98 Å². The Morgan fingerprint density at radius 2 is 2.18 bits per heavy atom. The zero-order valence-electron chi connectivity index (χ0n) is 10.6. The van der Waals surface area contributed by atoms with Gasteiger partial charge in [-0.25, -0.2) is 0 Å². The number of aromatic nitrogens is 2. The molecular formula is C14H17BN2+. The molecule has 2 aromatic rings. The minimum Gasteiger partial charge on any atom is -0.302 e. The largest absolute Gasteiger partial charge is 0.393 e. The molecule has 1 aromatic carbocycles. The molecule has 0 aliphatic rings. The van der Waals surface area contributed by atoms with Crippen molar-refractivity contribution >= 4 is 24.4 Å². The average Bonchev–Trinajstić information content (AvgIpc) is 2.35. The highest BCUT2D eigenvalue weighted by Gasteiger charge is 2.04. The van der Waals surface area contributed by atoms with E-state index in [4.69, 9.17) is 0 Å². The Balaban J connectivity index is 2.41. The highest BCUT2D eigenvalue weighted by molar-refractivity contribution is 6.22. The molecule has 1 heterocycles. The zero-order valence-corrected chi connectivity index (χ0v) is 10.6. The van der Waals surface area contributed by atoms with Crippen LogP contribution in [0, 0.1) is 5.92 Å². The fourth-order valence-electron chi connectivity index (χ4n) is 1.67. The van der Waals surface area contributed by atoms with Gasteiger partial charge in [0.05, 0.1) is 11.6 Å². The van der Waals surface area contributed by atoms with Gasteiger partial charge in [-0.1, -0.05) is 37.0 Å². The third-order valence-electron chi connectivity index (χ3n) is 2.64. The third kappa shape index (κ3) is 2.93. The highest BCUT2D eigenvalue weighted by Crippen LogP contribution is 2.13. The third-order valence-corrected chi connectivity index (χ3v) is 2.64. The van der Waals surface area contributed by atoms with Crippen LogP contribution < -0.4 is 4.48 Å². The van der Waals surface area contributed by atoms with E-state index >= 15 is 0 Å². The number of rotatable bonds is 3. The maximum atomic E-state index is 4.40. The van der Waals surface area contributed by atoms with Crippen LogP contribution in [0.3, 0.4) is 0 Å². The molecular weight excluding hydrogens is 207 g/mol. The van der Waals surface area contributed by atoms with Crippen LogP contribution in [0.4, 0.5) is 0 Å². The van der Waals surface area contributed by atoms with Crippen molar-refractivity contribution in [3.8, 4) is 0 Å². The van der Waals surface area contributed by atoms with Crippen molar-refractivity contribution in [2.24, 2.45) is 5.92 Å². The molecule has 2 rings (SSSR count). The average molecular weight is 224 g/mol. The minimum absolute atomic E-state index is 0.577. The predicted molar refractivity (Wildman–Crippen MR) is 72.8 cm³/mol. The molecule has 0 bridgehead atoms. The maximum Gasteiger partial charge on any atom is 0.393 e. The SMILES string of the molecule is C[B][n+]1cnc2ccc(/C=C/C(C)C)cc2c1. The van der Waals surface area contributed by atoms with Crippen molar-refractivity contribution in [2.45, 2.75) is 20.7 Å². The number of nitrogens with zero attached hydrogens (tertiary/aromatic N) is 2. The van der Waals surface area contributed by atoms with Crippen molar-refractivity contribution in [2.75, 3.05) is 0 Å². The van der Waals surface area contributed by atoms with Crippen molar-refractivity contribution < 1.29 is 4.48 Å². The Kier molecular flexibility index (Phi) is 3.57. The summed E-state index contributed by atoms with van der Waals surface area (Å²) in [4.78, 5) is 4.40. The van der Waals surface area contributed by atoms with Crippen LogP contribution in [0.2, 0.25) is 6.82 Å². The molecule has 0 fully saturated rings. The summed E-state index contributed by atoms with van der Waals surface area (Å²) in [5, 5.41) is 1.16. The lowest BCUT2D eigenvalue weighted by Gasteiger charge is -1.98. The van der Waals surface area contributed by atoms with E-state index in [1.165, 1.54) is 5.56 Å². The lowest BCUT2D eigenvalue weighted by Crippen LogP contribution is -2.37. The predicted octanol–water partition coefficient (Wildman–Crippen LogP) is 2.71. The van der Waals surface area contributed by atoms with E-state index in [9.17, 15) is 0 Å². The molecule has 0 N–H and O–H groups in total. The van der Waals surface area contributed by atoms with Gasteiger partial charge in [0.15, 0.2) is 5.52 Å². The Hall–Kier alpha value is -1.64. The van der Waals surface area contributed by atoms with Crippen LogP contribution in [-0.2, 0) is 0 Å². The first-order valence-electron chi connectivity index (χ1n) is 5.97. The molecule has 1 radical (unpaired) electrons. The first-order valence-corrected chi connectivity index (χ1v) is 5.97. The number of hydrogen-bond acceptors (Lipinski definition) is 1. The second kappa shape index (κ2) is 5.13. The quantitative estimate of drug-likeness (QED) is 0.732. The lowest BCUT2D eigenvalue weighted by atomic mass is 9.99. The molecule has 0 aliphatic heterocycles. The zero-order chi connectivity index (χ0) is 12.3. The summed E-state index contributed by atoms with van der Waals surface area (Å²) in [6.07, 6.45) is 8.29.